The second-order valence-electron chi connectivity index (χ2n) is 6.43. The van der Waals surface area contributed by atoms with E-state index in [4.69, 9.17) is 0 Å². The summed E-state index contributed by atoms with van der Waals surface area (Å²) in [7, 11) is -1.16. The molecule has 2 heterocycles. The lowest BCUT2D eigenvalue weighted by molar-refractivity contribution is 0.0943. The van der Waals surface area contributed by atoms with Crippen molar-refractivity contribution < 1.29 is 13.2 Å². The van der Waals surface area contributed by atoms with Gasteiger partial charge in [0, 0.05) is 25.7 Å². The van der Waals surface area contributed by atoms with Crippen LogP contribution in [-0.4, -0.2) is 55.4 Å². The number of amides is 1. The molecule has 2 rings (SSSR count). The summed E-state index contributed by atoms with van der Waals surface area (Å²) in [5.74, 6) is 1.51. The summed E-state index contributed by atoms with van der Waals surface area (Å²) in [6, 6.07) is 1.51. The van der Waals surface area contributed by atoms with Gasteiger partial charge >= 0.3 is 0 Å². The number of carbonyl (C=O) groups is 1. The van der Waals surface area contributed by atoms with Gasteiger partial charge in [0.1, 0.15) is 17.3 Å². The van der Waals surface area contributed by atoms with Gasteiger partial charge in [-0.3, -0.25) is 4.79 Å². The molecule has 1 saturated heterocycles. The third-order valence-electron chi connectivity index (χ3n) is 3.85. The van der Waals surface area contributed by atoms with Crippen LogP contribution in [-0.2, 0) is 9.84 Å². The SMILES string of the molecule is Cc1nc(C(=O)NCC(C)C)cc(N(C)C2CCS(=O)(=O)C2)n1. The molecule has 1 aliphatic heterocycles. The van der Waals surface area contributed by atoms with Crippen LogP contribution in [0, 0.1) is 12.8 Å². The van der Waals surface area contributed by atoms with Crippen LogP contribution in [0.25, 0.3) is 0 Å². The van der Waals surface area contributed by atoms with E-state index >= 15 is 0 Å². The molecule has 0 spiro atoms. The minimum atomic E-state index is -2.97. The average Bonchev–Trinajstić information content (AvgIpc) is 2.83. The highest BCUT2D eigenvalue weighted by molar-refractivity contribution is 7.91. The van der Waals surface area contributed by atoms with Crippen molar-refractivity contribution in [2.75, 3.05) is 30.0 Å². The number of nitrogens with zero attached hydrogens (tertiary/aromatic N) is 3. The minimum Gasteiger partial charge on any atom is -0.356 e. The maximum absolute atomic E-state index is 12.2. The minimum absolute atomic E-state index is 0.110. The number of carbonyl (C=O) groups excluding carboxylic acids is 1. The average molecular weight is 340 g/mol. The van der Waals surface area contributed by atoms with Crippen LogP contribution in [0.5, 0.6) is 0 Å². The van der Waals surface area contributed by atoms with Gasteiger partial charge < -0.3 is 10.2 Å². The third kappa shape index (κ3) is 4.63. The molecular weight excluding hydrogens is 316 g/mol. The molecule has 1 unspecified atom stereocenters. The second kappa shape index (κ2) is 6.82. The molecule has 1 aliphatic rings. The summed E-state index contributed by atoms with van der Waals surface area (Å²) < 4.78 is 23.3. The highest BCUT2D eigenvalue weighted by Crippen LogP contribution is 2.22. The third-order valence-corrected chi connectivity index (χ3v) is 5.60. The van der Waals surface area contributed by atoms with Crippen LogP contribution in [0.3, 0.4) is 0 Å². The first-order valence-corrected chi connectivity index (χ1v) is 9.57. The van der Waals surface area contributed by atoms with E-state index in [-0.39, 0.29) is 23.5 Å². The van der Waals surface area contributed by atoms with Crippen LogP contribution in [0.2, 0.25) is 0 Å². The number of aryl methyl sites for hydroxylation is 1. The van der Waals surface area contributed by atoms with Gasteiger partial charge in [0.15, 0.2) is 9.84 Å². The van der Waals surface area contributed by atoms with E-state index in [9.17, 15) is 13.2 Å². The van der Waals surface area contributed by atoms with Crippen molar-refractivity contribution in [3.8, 4) is 0 Å². The van der Waals surface area contributed by atoms with Gasteiger partial charge in [-0.2, -0.15) is 0 Å². The largest absolute Gasteiger partial charge is 0.356 e. The Labute approximate surface area is 137 Å². The van der Waals surface area contributed by atoms with Crippen LogP contribution >= 0.6 is 0 Å². The Balaban J connectivity index is 2.18. The molecule has 1 aromatic rings. The lowest BCUT2D eigenvalue weighted by Gasteiger charge is -2.25. The van der Waals surface area contributed by atoms with Crippen molar-refractivity contribution in [3.63, 3.8) is 0 Å². The van der Waals surface area contributed by atoms with E-state index in [0.29, 0.717) is 36.2 Å². The summed E-state index contributed by atoms with van der Waals surface area (Å²) >= 11 is 0. The first-order valence-electron chi connectivity index (χ1n) is 7.75. The maximum atomic E-state index is 12.2. The van der Waals surface area contributed by atoms with E-state index in [0.717, 1.165) is 0 Å². The Morgan fingerprint density at radius 3 is 2.70 bits per heavy atom. The topological polar surface area (TPSA) is 92.3 Å². The van der Waals surface area contributed by atoms with Gasteiger partial charge in [-0.1, -0.05) is 13.8 Å². The summed E-state index contributed by atoms with van der Waals surface area (Å²) in [6.07, 6.45) is 0.580. The number of rotatable bonds is 5. The molecule has 0 bridgehead atoms. The van der Waals surface area contributed by atoms with Crippen molar-refractivity contribution in [1.29, 1.82) is 0 Å². The molecule has 0 saturated carbocycles. The zero-order valence-corrected chi connectivity index (χ0v) is 14.9. The van der Waals surface area contributed by atoms with Gasteiger partial charge in [0.2, 0.25) is 0 Å². The van der Waals surface area contributed by atoms with Crippen LogP contribution in [0.4, 0.5) is 5.82 Å². The Hall–Kier alpha value is -1.70. The Bertz CT molecular complexity index is 688. The molecule has 7 nitrogen and oxygen atoms in total. The van der Waals surface area contributed by atoms with Gasteiger partial charge in [0.25, 0.3) is 5.91 Å². The number of aromatic nitrogens is 2. The first-order chi connectivity index (χ1) is 10.7. The number of sulfone groups is 1. The van der Waals surface area contributed by atoms with Gasteiger partial charge in [-0.25, -0.2) is 18.4 Å². The number of hydrogen-bond donors (Lipinski definition) is 1. The fourth-order valence-corrected chi connectivity index (χ4v) is 4.28. The lowest BCUT2D eigenvalue weighted by Crippen LogP contribution is -2.34. The Morgan fingerprint density at radius 1 is 1.43 bits per heavy atom. The van der Waals surface area contributed by atoms with Crippen molar-refractivity contribution in [3.05, 3.63) is 17.6 Å². The molecule has 128 valence electrons. The summed E-state index contributed by atoms with van der Waals surface area (Å²) in [5.41, 5.74) is 0.306. The van der Waals surface area contributed by atoms with E-state index in [1.807, 2.05) is 25.8 Å². The Kier molecular flexibility index (Phi) is 5.23. The van der Waals surface area contributed by atoms with Crippen molar-refractivity contribution in [1.82, 2.24) is 15.3 Å². The van der Waals surface area contributed by atoms with Gasteiger partial charge in [-0.15, -0.1) is 0 Å². The molecule has 0 radical (unpaired) electrons. The van der Waals surface area contributed by atoms with Gasteiger partial charge in [-0.05, 0) is 19.3 Å². The van der Waals surface area contributed by atoms with Crippen molar-refractivity contribution in [2.45, 2.75) is 33.2 Å². The lowest BCUT2D eigenvalue weighted by atomic mass is 10.2. The highest BCUT2D eigenvalue weighted by Gasteiger charge is 2.31. The summed E-state index contributed by atoms with van der Waals surface area (Å²) in [6.45, 7) is 6.34. The predicted octanol–water partition coefficient (Wildman–Crippen LogP) is 0.794. The van der Waals surface area contributed by atoms with Crippen molar-refractivity contribution >= 4 is 21.6 Å². The molecule has 1 N–H and O–H groups in total. The van der Waals surface area contributed by atoms with Gasteiger partial charge in [0.05, 0.1) is 11.5 Å². The quantitative estimate of drug-likeness (QED) is 0.852. The predicted molar refractivity (Wildman–Crippen MR) is 89.4 cm³/mol. The number of anilines is 1. The molecule has 23 heavy (non-hydrogen) atoms. The molecular formula is C15H24N4O3S. The first kappa shape index (κ1) is 17.7. The zero-order chi connectivity index (χ0) is 17.2. The molecule has 0 aromatic carbocycles. The van der Waals surface area contributed by atoms with E-state index < -0.39 is 9.84 Å². The molecule has 1 fully saturated rings. The zero-order valence-electron chi connectivity index (χ0n) is 14.0. The van der Waals surface area contributed by atoms with E-state index in [1.165, 1.54) is 0 Å². The standard InChI is InChI=1S/C15H24N4O3S/c1-10(2)8-16-15(20)13-7-14(18-11(3)17-13)19(4)12-5-6-23(21,22)9-12/h7,10,12H,5-6,8-9H2,1-4H3,(H,16,20). The number of hydrogen-bond acceptors (Lipinski definition) is 6. The summed E-state index contributed by atoms with van der Waals surface area (Å²) in [5, 5.41) is 2.83. The molecule has 1 amide bonds. The van der Waals surface area contributed by atoms with Crippen LogP contribution < -0.4 is 10.2 Å². The highest BCUT2D eigenvalue weighted by atomic mass is 32.2. The van der Waals surface area contributed by atoms with E-state index in [1.54, 1.807) is 13.0 Å². The fraction of sp³-hybridized carbons (Fsp3) is 0.667. The second-order valence-corrected chi connectivity index (χ2v) is 8.66. The maximum Gasteiger partial charge on any atom is 0.270 e. The fourth-order valence-electron chi connectivity index (χ4n) is 2.50. The van der Waals surface area contributed by atoms with Crippen LogP contribution in [0.1, 0.15) is 36.6 Å². The molecule has 1 aromatic heterocycles. The van der Waals surface area contributed by atoms with Crippen LogP contribution in [0.15, 0.2) is 6.07 Å². The molecule has 8 heteroatoms. The van der Waals surface area contributed by atoms with E-state index in [2.05, 4.69) is 15.3 Å². The summed E-state index contributed by atoms with van der Waals surface area (Å²) in [4.78, 5) is 22.5. The molecule has 0 aliphatic carbocycles. The van der Waals surface area contributed by atoms with Crippen molar-refractivity contribution in [2.24, 2.45) is 5.92 Å². The number of nitrogens with one attached hydrogen (secondary N) is 1. The Morgan fingerprint density at radius 2 is 2.13 bits per heavy atom. The molecule has 1 atom stereocenters. The normalized spacial score (nSPS) is 19.8. The monoisotopic (exact) mass is 340 g/mol. The smallest absolute Gasteiger partial charge is 0.270 e.